The number of ether oxygens (including phenoxy) is 1. The van der Waals surface area contributed by atoms with Crippen LogP contribution >= 0.6 is 11.6 Å². The molecule has 3 rings (SSSR count). The molecule has 0 bridgehead atoms. The number of hydrogen-bond donors (Lipinski definition) is 0. The summed E-state index contributed by atoms with van der Waals surface area (Å²) in [4.78, 5) is 30.5. The summed E-state index contributed by atoms with van der Waals surface area (Å²) in [6.07, 6.45) is 7.51. The van der Waals surface area contributed by atoms with E-state index in [-0.39, 0.29) is 24.4 Å². The van der Waals surface area contributed by atoms with E-state index in [9.17, 15) is 9.59 Å². The van der Waals surface area contributed by atoms with Crippen molar-refractivity contribution in [1.29, 1.82) is 0 Å². The number of benzene rings is 1. The number of halogens is 1. The molecule has 1 aliphatic rings. The summed E-state index contributed by atoms with van der Waals surface area (Å²) >= 11 is 6.41. The Morgan fingerprint density at radius 2 is 1.80 bits per heavy atom. The highest BCUT2D eigenvalue weighted by Crippen LogP contribution is 2.26. The van der Waals surface area contributed by atoms with E-state index in [2.05, 4.69) is 10.6 Å². The van der Waals surface area contributed by atoms with Crippen LogP contribution in [0.25, 0.3) is 0 Å². The van der Waals surface area contributed by atoms with Crippen LogP contribution in [0.5, 0.6) is 0 Å². The Morgan fingerprint density at radius 3 is 2.46 bits per heavy atom. The molecule has 7 heteroatoms. The third-order valence-corrected chi connectivity index (χ3v) is 7.08. The molecule has 1 aromatic carbocycles. The van der Waals surface area contributed by atoms with Gasteiger partial charge >= 0.3 is 0 Å². The van der Waals surface area contributed by atoms with Crippen molar-refractivity contribution >= 4 is 23.4 Å². The standard InChI is InChI=1S/C28H40ClN3O3/c1-28(2,3)27(34)31(17-18-35-4)21-26(33)32(23-12-6-5-7-13-23)20-24-14-10-16-30(24)19-22-11-8-9-15-25(22)29/h8-11,14-16,23H,5-7,12-13,17-21H2,1-4H3. The molecule has 1 aliphatic carbocycles. The van der Waals surface area contributed by atoms with Crippen LogP contribution in [-0.2, 0) is 27.4 Å². The van der Waals surface area contributed by atoms with Crippen molar-refractivity contribution in [3.63, 3.8) is 0 Å². The molecule has 0 N–H and O–H groups in total. The summed E-state index contributed by atoms with van der Waals surface area (Å²) in [5.41, 5.74) is 1.55. The van der Waals surface area contributed by atoms with Gasteiger partial charge in [0.05, 0.1) is 19.7 Å². The lowest BCUT2D eigenvalue weighted by Crippen LogP contribution is -2.50. The number of hydrogen-bond acceptors (Lipinski definition) is 3. The molecule has 0 radical (unpaired) electrons. The Balaban J connectivity index is 1.82. The lowest BCUT2D eigenvalue weighted by molar-refractivity contribution is -0.147. The minimum absolute atomic E-state index is 0.00361. The second kappa shape index (κ2) is 12.6. The van der Waals surface area contributed by atoms with Crippen LogP contribution in [0.15, 0.2) is 42.6 Å². The van der Waals surface area contributed by atoms with Crippen LogP contribution in [0, 0.1) is 5.41 Å². The zero-order chi connectivity index (χ0) is 25.4. The summed E-state index contributed by atoms with van der Waals surface area (Å²) < 4.78 is 7.39. The SMILES string of the molecule is COCCN(CC(=O)N(Cc1cccn1Cc1ccccc1Cl)C1CCCCC1)C(=O)C(C)(C)C. The van der Waals surface area contributed by atoms with Crippen molar-refractivity contribution in [2.45, 2.75) is 72.0 Å². The first-order valence-corrected chi connectivity index (χ1v) is 13.0. The molecule has 1 heterocycles. The molecular formula is C28H40ClN3O3. The fourth-order valence-electron chi connectivity index (χ4n) is 4.73. The normalized spacial score (nSPS) is 14.7. The van der Waals surface area contributed by atoms with E-state index in [0.717, 1.165) is 42.0 Å². The molecule has 0 unspecified atom stereocenters. The van der Waals surface area contributed by atoms with E-state index < -0.39 is 5.41 Å². The van der Waals surface area contributed by atoms with E-state index in [1.165, 1.54) is 6.42 Å². The lowest BCUT2D eigenvalue weighted by atomic mass is 9.93. The average molecular weight is 502 g/mol. The van der Waals surface area contributed by atoms with Gasteiger partial charge in [-0.3, -0.25) is 9.59 Å². The topological polar surface area (TPSA) is 54.8 Å². The van der Waals surface area contributed by atoms with Crippen LogP contribution in [0.3, 0.4) is 0 Å². The molecule has 0 spiro atoms. The number of carbonyl (C=O) groups is 2. The largest absolute Gasteiger partial charge is 0.383 e. The molecule has 6 nitrogen and oxygen atoms in total. The van der Waals surface area contributed by atoms with Crippen molar-refractivity contribution < 1.29 is 14.3 Å². The van der Waals surface area contributed by atoms with E-state index in [0.29, 0.717) is 26.2 Å². The number of carbonyl (C=O) groups excluding carboxylic acids is 2. The molecular weight excluding hydrogens is 462 g/mol. The van der Waals surface area contributed by atoms with Gasteiger partial charge in [-0.25, -0.2) is 0 Å². The maximum Gasteiger partial charge on any atom is 0.242 e. The average Bonchev–Trinajstić information content (AvgIpc) is 3.27. The number of amides is 2. The molecule has 1 saturated carbocycles. The van der Waals surface area contributed by atoms with Crippen LogP contribution in [0.2, 0.25) is 5.02 Å². The summed E-state index contributed by atoms with van der Waals surface area (Å²) in [5, 5.41) is 0.738. The second-order valence-corrected chi connectivity index (χ2v) is 10.9. The van der Waals surface area contributed by atoms with Gasteiger partial charge in [0.15, 0.2) is 0 Å². The summed E-state index contributed by atoms with van der Waals surface area (Å²) in [6, 6.07) is 12.1. The van der Waals surface area contributed by atoms with Crippen LogP contribution in [0.4, 0.5) is 0 Å². The van der Waals surface area contributed by atoms with Gasteiger partial charge in [0.2, 0.25) is 11.8 Å². The highest BCUT2D eigenvalue weighted by Gasteiger charge is 2.32. The minimum atomic E-state index is -0.562. The zero-order valence-electron chi connectivity index (χ0n) is 21.6. The van der Waals surface area contributed by atoms with Crippen molar-refractivity contribution in [1.82, 2.24) is 14.4 Å². The third kappa shape index (κ3) is 7.58. The summed E-state index contributed by atoms with van der Waals surface area (Å²) in [5.74, 6) is -0.0373. The number of methoxy groups -OCH3 is 1. The van der Waals surface area contributed by atoms with Crippen LogP contribution < -0.4 is 0 Å². The van der Waals surface area contributed by atoms with Crippen LogP contribution in [0.1, 0.15) is 64.1 Å². The van der Waals surface area contributed by atoms with Crippen molar-refractivity contribution in [2.24, 2.45) is 5.41 Å². The first-order chi connectivity index (χ1) is 16.7. The Hall–Kier alpha value is -2.31. The fourth-order valence-corrected chi connectivity index (χ4v) is 4.92. The van der Waals surface area contributed by atoms with E-state index in [1.54, 1.807) is 12.0 Å². The molecule has 1 fully saturated rings. The molecule has 2 aromatic rings. The molecule has 192 valence electrons. The van der Waals surface area contributed by atoms with Crippen LogP contribution in [-0.4, -0.2) is 59.0 Å². The summed E-state index contributed by atoms with van der Waals surface area (Å²) in [6.45, 7) is 7.71. The molecule has 0 atom stereocenters. The first kappa shape index (κ1) is 27.3. The van der Waals surface area contributed by atoms with Crippen molar-refractivity contribution in [3.05, 3.63) is 58.9 Å². The van der Waals surface area contributed by atoms with E-state index >= 15 is 0 Å². The molecule has 2 amide bonds. The smallest absolute Gasteiger partial charge is 0.242 e. The van der Waals surface area contributed by atoms with Gasteiger partial charge in [-0.1, -0.05) is 69.8 Å². The predicted molar refractivity (Wildman–Crippen MR) is 140 cm³/mol. The Morgan fingerprint density at radius 1 is 1.09 bits per heavy atom. The minimum Gasteiger partial charge on any atom is -0.383 e. The second-order valence-electron chi connectivity index (χ2n) is 10.5. The lowest BCUT2D eigenvalue weighted by Gasteiger charge is -2.37. The van der Waals surface area contributed by atoms with Crippen molar-refractivity contribution in [2.75, 3.05) is 26.8 Å². The van der Waals surface area contributed by atoms with Gasteiger partial charge < -0.3 is 19.1 Å². The zero-order valence-corrected chi connectivity index (χ0v) is 22.4. The predicted octanol–water partition coefficient (Wildman–Crippen LogP) is 5.37. The Kier molecular flexibility index (Phi) is 9.81. The summed E-state index contributed by atoms with van der Waals surface area (Å²) in [7, 11) is 1.61. The van der Waals surface area contributed by atoms with Gasteiger partial charge in [-0.05, 0) is 36.6 Å². The van der Waals surface area contributed by atoms with Gasteiger partial charge in [0, 0.05) is 48.6 Å². The molecule has 35 heavy (non-hydrogen) atoms. The highest BCUT2D eigenvalue weighted by atomic mass is 35.5. The maximum atomic E-state index is 13.8. The first-order valence-electron chi connectivity index (χ1n) is 12.7. The molecule has 1 aromatic heterocycles. The Bertz CT molecular complexity index is 976. The van der Waals surface area contributed by atoms with Gasteiger partial charge in [-0.2, -0.15) is 0 Å². The third-order valence-electron chi connectivity index (χ3n) is 6.71. The van der Waals surface area contributed by atoms with Gasteiger partial charge in [0.1, 0.15) is 0 Å². The Labute approximate surface area is 215 Å². The van der Waals surface area contributed by atoms with E-state index in [1.807, 2.05) is 62.2 Å². The van der Waals surface area contributed by atoms with Crippen molar-refractivity contribution in [3.8, 4) is 0 Å². The van der Waals surface area contributed by atoms with Gasteiger partial charge in [0.25, 0.3) is 0 Å². The fraction of sp³-hybridized carbons (Fsp3) is 0.571. The monoisotopic (exact) mass is 501 g/mol. The quantitative estimate of drug-likeness (QED) is 0.439. The van der Waals surface area contributed by atoms with Gasteiger partial charge in [-0.15, -0.1) is 0 Å². The maximum absolute atomic E-state index is 13.8. The molecule has 0 saturated heterocycles. The van der Waals surface area contributed by atoms with E-state index in [4.69, 9.17) is 16.3 Å². The number of nitrogens with zero attached hydrogens (tertiary/aromatic N) is 3. The highest BCUT2D eigenvalue weighted by molar-refractivity contribution is 6.31. The number of rotatable bonds is 10. The molecule has 0 aliphatic heterocycles. The number of aromatic nitrogens is 1.